The van der Waals surface area contributed by atoms with E-state index in [0.29, 0.717) is 40.1 Å². The number of likely N-dealkylation sites (tertiary alicyclic amines) is 1. The van der Waals surface area contributed by atoms with Crippen molar-refractivity contribution in [3.8, 4) is 5.75 Å². The predicted octanol–water partition coefficient (Wildman–Crippen LogP) is 4.04. The molecular formula is C20H21Cl2N3O3. The normalized spacial score (nSPS) is 16.6. The van der Waals surface area contributed by atoms with Crippen LogP contribution in [0.4, 0.5) is 11.4 Å². The Kier molecular flexibility index (Phi) is 6.78. The van der Waals surface area contributed by atoms with Crippen molar-refractivity contribution < 1.29 is 14.3 Å². The molecule has 2 N–H and O–H groups in total. The summed E-state index contributed by atoms with van der Waals surface area (Å²) < 4.78 is 5.25. The summed E-state index contributed by atoms with van der Waals surface area (Å²) >= 11 is 12.1. The van der Waals surface area contributed by atoms with Gasteiger partial charge in [0.25, 0.3) is 0 Å². The largest absolute Gasteiger partial charge is 0.495 e. The average Bonchev–Trinajstić information content (AvgIpc) is 3.13. The van der Waals surface area contributed by atoms with E-state index in [1.54, 1.807) is 37.4 Å². The Labute approximate surface area is 173 Å². The Morgan fingerprint density at radius 3 is 2.71 bits per heavy atom. The van der Waals surface area contributed by atoms with Crippen LogP contribution in [0.25, 0.3) is 0 Å². The van der Waals surface area contributed by atoms with Crippen molar-refractivity contribution in [2.24, 2.45) is 0 Å². The van der Waals surface area contributed by atoms with Crippen LogP contribution < -0.4 is 15.4 Å². The number of ether oxygens (including phenoxy) is 1. The molecule has 2 amide bonds. The van der Waals surface area contributed by atoms with Gasteiger partial charge in [-0.05, 0) is 49.7 Å². The topological polar surface area (TPSA) is 70.7 Å². The first-order valence-corrected chi connectivity index (χ1v) is 9.66. The Hall–Kier alpha value is -2.28. The molecule has 0 radical (unpaired) electrons. The van der Waals surface area contributed by atoms with Crippen molar-refractivity contribution in [1.29, 1.82) is 0 Å². The van der Waals surface area contributed by atoms with Gasteiger partial charge in [0, 0.05) is 5.02 Å². The molecule has 0 aliphatic carbocycles. The molecule has 6 nitrogen and oxygen atoms in total. The molecule has 2 aromatic carbocycles. The van der Waals surface area contributed by atoms with E-state index >= 15 is 0 Å². The zero-order chi connectivity index (χ0) is 20.1. The number of carbonyl (C=O) groups is 2. The standard InChI is InChI=1S/C20H21Cl2N3O3/c1-28-18-7-3-2-5-15(18)23-19(26)12-25-10-4-6-17(25)20(27)24-16-11-13(21)8-9-14(16)22/h2-3,5,7-9,11,17H,4,6,10,12H2,1H3,(H,23,26)(H,24,27). The molecule has 1 aliphatic heterocycles. The lowest BCUT2D eigenvalue weighted by atomic mass is 10.2. The van der Waals surface area contributed by atoms with Crippen molar-refractivity contribution in [1.82, 2.24) is 4.90 Å². The van der Waals surface area contributed by atoms with E-state index < -0.39 is 6.04 Å². The molecule has 1 unspecified atom stereocenters. The number of benzene rings is 2. The summed E-state index contributed by atoms with van der Waals surface area (Å²) in [5, 5.41) is 6.55. The summed E-state index contributed by atoms with van der Waals surface area (Å²) in [6.07, 6.45) is 1.51. The van der Waals surface area contributed by atoms with Gasteiger partial charge in [-0.2, -0.15) is 0 Å². The van der Waals surface area contributed by atoms with Crippen molar-refractivity contribution >= 4 is 46.4 Å². The molecule has 0 aromatic heterocycles. The lowest BCUT2D eigenvalue weighted by Crippen LogP contribution is -2.43. The van der Waals surface area contributed by atoms with Gasteiger partial charge < -0.3 is 15.4 Å². The number of rotatable bonds is 6. The smallest absolute Gasteiger partial charge is 0.241 e. The first-order chi connectivity index (χ1) is 13.5. The number of nitrogens with zero attached hydrogens (tertiary/aromatic N) is 1. The van der Waals surface area contributed by atoms with Crippen LogP contribution in [-0.2, 0) is 9.59 Å². The van der Waals surface area contributed by atoms with Gasteiger partial charge in [-0.1, -0.05) is 35.3 Å². The molecule has 148 valence electrons. The summed E-state index contributed by atoms with van der Waals surface area (Å²) in [5.41, 5.74) is 1.06. The van der Waals surface area contributed by atoms with Gasteiger partial charge in [-0.3, -0.25) is 14.5 Å². The van der Waals surface area contributed by atoms with E-state index in [-0.39, 0.29) is 18.4 Å². The predicted molar refractivity (Wildman–Crippen MR) is 111 cm³/mol. The maximum absolute atomic E-state index is 12.7. The third kappa shape index (κ3) is 4.95. The summed E-state index contributed by atoms with van der Waals surface area (Å²) in [6.45, 7) is 0.778. The molecule has 28 heavy (non-hydrogen) atoms. The van der Waals surface area contributed by atoms with Crippen LogP contribution >= 0.6 is 23.2 Å². The molecule has 1 fully saturated rings. The third-order valence-corrected chi connectivity index (χ3v) is 5.15. The number of nitrogens with one attached hydrogen (secondary N) is 2. The summed E-state index contributed by atoms with van der Waals surface area (Å²) in [5.74, 6) is 0.180. The summed E-state index contributed by atoms with van der Waals surface area (Å²) in [4.78, 5) is 27.1. The molecule has 0 spiro atoms. The highest BCUT2D eigenvalue weighted by Gasteiger charge is 2.32. The second-order valence-electron chi connectivity index (χ2n) is 6.49. The number of amides is 2. The number of para-hydroxylation sites is 2. The van der Waals surface area contributed by atoms with Crippen molar-refractivity contribution in [2.75, 3.05) is 30.8 Å². The van der Waals surface area contributed by atoms with E-state index in [4.69, 9.17) is 27.9 Å². The molecule has 1 saturated heterocycles. The fourth-order valence-corrected chi connectivity index (χ4v) is 3.58. The van der Waals surface area contributed by atoms with Gasteiger partial charge in [0.2, 0.25) is 11.8 Å². The Bertz CT molecular complexity index is 876. The average molecular weight is 422 g/mol. The molecule has 3 rings (SSSR count). The molecule has 0 saturated carbocycles. The highest BCUT2D eigenvalue weighted by Crippen LogP contribution is 2.27. The number of carbonyl (C=O) groups excluding carboxylic acids is 2. The molecule has 1 heterocycles. The molecule has 8 heteroatoms. The van der Waals surface area contributed by atoms with Crippen molar-refractivity contribution in [3.05, 3.63) is 52.5 Å². The first-order valence-electron chi connectivity index (χ1n) is 8.91. The van der Waals surface area contributed by atoms with E-state index in [9.17, 15) is 9.59 Å². The van der Waals surface area contributed by atoms with Crippen molar-refractivity contribution in [2.45, 2.75) is 18.9 Å². The van der Waals surface area contributed by atoms with Crippen LogP contribution in [0.2, 0.25) is 10.0 Å². The SMILES string of the molecule is COc1ccccc1NC(=O)CN1CCCC1C(=O)Nc1cc(Cl)ccc1Cl. The third-order valence-electron chi connectivity index (χ3n) is 4.58. The fraction of sp³-hybridized carbons (Fsp3) is 0.300. The minimum absolute atomic E-state index is 0.111. The Morgan fingerprint density at radius 1 is 1.14 bits per heavy atom. The molecule has 1 atom stereocenters. The van der Waals surface area contributed by atoms with E-state index in [1.165, 1.54) is 0 Å². The second kappa shape index (κ2) is 9.28. The summed E-state index contributed by atoms with van der Waals surface area (Å²) in [6, 6.07) is 11.7. The maximum atomic E-state index is 12.7. The lowest BCUT2D eigenvalue weighted by molar-refractivity contribution is -0.122. The quantitative estimate of drug-likeness (QED) is 0.737. The fourth-order valence-electron chi connectivity index (χ4n) is 3.24. The monoisotopic (exact) mass is 421 g/mol. The minimum atomic E-state index is -0.404. The highest BCUT2D eigenvalue weighted by molar-refractivity contribution is 6.35. The minimum Gasteiger partial charge on any atom is -0.495 e. The molecule has 0 bridgehead atoms. The van der Waals surface area contributed by atoms with Crippen LogP contribution in [0.3, 0.4) is 0 Å². The number of methoxy groups -OCH3 is 1. The van der Waals surface area contributed by atoms with E-state index in [1.807, 2.05) is 17.0 Å². The van der Waals surface area contributed by atoms with Gasteiger partial charge >= 0.3 is 0 Å². The van der Waals surface area contributed by atoms with Crippen LogP contribution in [0.1, 0.15) is 12.8 Å². The summed E-state index contributed by atoms with van der Waals surface area (Å²) in [7, 11) is 1.55. The Morgan fingerprint density at radius 2 is 1.93 bits per heavy atom. The van der Waals surface area contributed by atoms with Gasteiger partial charge in [-0.15, -0.1) is 0 Å². The molecule has 1 aliphatic rings. The molecular weight excluding hydrogens is 401 g/mol. The zero-order valence-electron chi connectivity index (χ0n) is 15.4. The zero-order valence-corrected chi connectivity index (χ0v) is 16.9. The lowest BCUT2D eigenvalue weighted by Gasteiger charge is -2.23. The van der Waals surface area contributed by atoms with Gasteiger partial charge in [0.1, 0.15) is 5.75 Å². The Balaban J connectivity index is 1.63. The number of anilines is 2. The van der Waals surface area contributed by atoms with Crippen molar-refractivity contribution in [3.63, 3.8) is 0 Å². The first kappa shape index (κ1) is 20.5. The van der Waals surface area contributed by atoms with Gasteiger partial charge in [0.05, 0.1) is 36.1 Å². The number of hydrogen-bond donors (Lipinski definition) is 2. The van der Waals surface area contributed by atoms with Crippen LogP contribution in [-0.4, -0.2) is 43.0 Å². The van der Waals surface area contributed by atoms with Crippen LogP contribution in [0, 0.1) is 0 Å². The maximum Gasteiger partial charge on any atom is 0.241 e. The highest BCUT2D eigenvalue weighted by atomic mass is 35.5. The number of hydrogen-bond acceptors (Lipinski definition) is 4. The van der Waals surface area contributed by atoms with E-state index in [2.05, 4.69) is 10.6 Å². The number of halogens is 2. The van der Waals surface area contributed by atoms with E-state index in [0.717, 1.165) is 6.42 Å². The van der Waals surface area contributed by atoms with Gasteiger partial charge in [-0.25, -0.2) is 0 Å². The van der Waals surface area contributed by atoms with Crippen LogP contribution in [0.15, 0.2) is 42.5 Å². The second-order valence-corrected chi connectivity index (χ2v) is 7.33. The van der Waals surface area contributed by atoms with Crippen LogP contribution in [0.5, 0.6) is 5.75 Å². The molecule has 2 aromatic rings. The van der Waals surface area contributed by atoms with Gasteiger partial charge in [0.15, 0.2) is 0 Å².